The number of carbonyl (C=O) groups excluding carboxylic acids is 1. The number of aromatic amines is 1. The minimum Gasteiger partial charge on any atom is -0.444 e. The molecule has 1 saturated heterocycles. The molecule has 0 bridgehead atoms. The van der Waals surface area contributed by atoms with Gasteiger partial charge in [-0.05, 0) is 87.5 Å². The van der Waals surface area contributed by atoms with Gasteiger partial charge in [0.25, 0.3) is 0 Å². The maximum absolute atomic E-state index is 13.5. The highest BCUT2D eigenvalue weighted by Gasteiger charge is 2.55. The van der Waals surface area contributed by atoms with E-state index >= 15 is 0 Å². The molecule has 258 valence electrons. The monoisotopic (exact) mass is 726 g/mol. The number of rotatable bonds is 11. The second-order valence-electron chi connectivity index (χ2n) is 14.1. The van der Waals surface area contributed by atoms with Crippen molar-refractivity contribution in [1.29, 1.82) is 0 Å². The quantitative estimate of drug-likeness (QED) is 0.188. The van der Waals surface area contributed by atoms with Crippen LogP contribution >= 0.6 is 15.9 Å². The fourth-order valence-electron chi connectivity index (χ4n) is 6.84. The molecule has 2 aliphatic rings. The summed E-state index contributed by atoms with van der Waals surface area (Å²) in [6.45, 7) is 11.8. The Morgan fingerprint density at radius 1 is 1.17 bits per heavy atom. The summed E-state index contributed by atoms with van der Waals surface area (Å²) >= 11 is 3.66. The van der Waals surface area contributed by atoms with Crippen LogP contribution in [0.4, 0.5) is 20.7 Å². The van der Waals surface area contributed by atoms with Crippen molar-refractivity contribution < 1.29 is 23.4 Å². The molecule has 1 saturated carbocycles. The molecule has 3 N–H and O–H groups in total. The molecule has 1 amide bonds. The minimum atomic E-state index is -0.737. The lowest BCUT2D eigenvalue weighted by atomic mass is 10.0. The summed E-state index contributed by atoms with van der Waals surface area (Å²) in [6, 6.07) is 6.34. The van der Waals surface area contributed by atoms with Crippen LogP contribution in [0, 0.1) is 11.7 Å². The zero-order chi connectivity index (χ0) is 34.2. The molecule has 1 aliphatic heterocycles. The number of aromatic nitrogens is 5. The normalized spacial score (nSPS) is 21.8. The van der Waals surface area contributed by atoms with Gasteiger partial charge in [0.2, 0.25) is 0 Å². The molecule has 4 aromatic rings. The molecule has 14 heteroatoms. The van der Waals surface area contributed by atoms with Crippen molar-refractivity contribution in [3.63, 3.8) is 0 Å². The zero-order valence-electron chi connectivity index (χ0n) is 28.0. The standard InChI is InChI=1S/C34H44BrFN8O4/c1-33(2,3)48-32(45)42(14-11-21-7-9-23(36)10-8-21)12-6-13-43(24-16-40-41-17-24)18-22-15-26(29-28(22)46-34(4,5)47-29)44-19-25(35)27-30(37)38-20-39-31(27)44/h7-10,16-17,19-20,22,26,28-29H,6,11-15,18H2,1-5H3,(H,40,41)(H2,37,38,39)/t22-,26-,28-,29+/m1/s1. The molecule has 12 nitrogen and oxygen atoms in total. The van der Waals surface area contributed by atoms with Gasteiger partial charge in [0.15, 0.2) is 5.79 Å². The van der Waals surface area contributed by atoms with Crippen LogP contribution in [0.15, 0.2) is 53.7 Å². The van der Waals surface area contributed by atoms with E-state index in [1.165, 1.54) is 18.5 Å². The number of nitrogens with zero attached hydrogens (tertiary/aromatic N) is 6. The predicted octanol–water partition coefficient (Wildman–Crippen LogP) is 6.10. The van der Waals surface area contributed by atoms with Crippen LogP contribution < -0.4 is 10.6 Å². The number of nitrogen functional groups attached to an aromatic ring is 1. The molecule has 1 aliphatic carbocycles. The summed E-state index contributed by atoms with van der Waals surface area (Å²) in [5.74, 6) is -0.481. The number of hydrogen-bond acceptors (Lipinski definition) is 9. The van der Waals surface area contributed by atoms with Gasteiger partial charge < -0.3 is 34.3 Å². The van der Waals surface area contributed by atoms with Gasteiger partial charge in [-0.15, -0.1) is 0 Å². The summed E-state index contributed by atoms with van der Waals surface area (Å²) in [5, 5.41) is 7.96. The zero-order valence-corrected chi connectivity index (χ0v) is 29.6. The van der Waals surface area contributed by atoms with Crippen molar-refractivity contribution >= 4 is 44.6 Å². The first kappa shape index (κ1) is 34.1. The number of fused-ring (bicyclic) bond motifs is 2. The lowest BCUT2D eigenvalue weighted by Crippen LogP contribution is -2.40. The Morgan fingerprint density at radius 3 is 2.62 bits per heavy atom. The Kier molecular flexibility index (Phi) is 9.69. The van der Waals surface area contributed by atoms with Gasteiger partial charge in [0.1, 0.15) is 35.3 Å². The maximum atomic E-state index is 13.5. The van der Waals surface area contributed by atoms with Crippen molar-refractivity contribution in [1.82, 2.24) is 29.6 Å². The van der Waals surface area contributed by atoms with E-state index in [-0.39, 0.29) is 36.1 Å². The molecule has 1 aromatic carbocycles. The first-order chi connectivity index (χ1) is 22.8. The van der Waals surface area contributed by atoms with Gasteiger partial charge >= 0.3 is 6.09 Å². The van der Waals surface area contributed by atoms with Crippen molar-refractivity contribution in [3.05, 3.63) is 65.0 Å². The van der Waals surface area contributed by atoms with E-state index in [2.05, 4.69) is 45.6 Å². The lowest BCUT2D eigenvalue weighted by molar-refractivity contribution is -0.159. The topological polar surface area (TPSA) is 137 Å². The predicted molar refractivity (Wildman–Crippen MR) is 184 cm³/mol. The number of hydrogen-bond donors (Lipinski definition) is 2. The molecule has 3 aromatic heterocycles. The van der Waals surface area contributed by atoms with E-state index in [9.17, 15) is 9.18 Å². The first-order valence-corrected chi connectivity index (χ1v) is 17.2. The first-order valence-electron chi connectivity index (χ1n) is 16.4. The average molecular weight is 728 g/mol. The Bertz CT molecular complexity index is 1710. The van der Waals surface area contributed by atoms with Crippen LogP contribution in [-0.2, 0) is 20.6 Å². The summed E-state index contributed by atoms with van der Waals surface area (Å²) in [4.78, 5) is 26.0. The number of H-pyrrole nitrogens is 1. The molecule has 0 radical (unpaired) electrons. The van der Waals surface area contributed by atoms with Crippen molar-refractivity contribution in [2.75, 3.05) is 36.8 Å². The fraction of sp³-hybridized carbons (Fsp3) is 0.529. The van der Waals surface area contributed by atoms with Crippen LogP contribution in [0.25, 0.3) is 11.0 Å². The highest BCUT2D eigenvalue weighted by atomic mass is 79.9. The number of halogens is 2. The second kappa shape index (κ2) is 13.6. The van der Waals surface area contributed by atoms with Crippen LogP contribution in [0.2, 0.25) is 0 Å². The molecular weight excluding hydrogens is 683 g/mol. The molecule has 6 rings (SSSR count). The van der Waals surface area contributed by atoms with E-state index in [1.807, 2.05) is 53.2 Å². The van der Waals surface area contributed by atoms with Crippen molar-refractivity contribution in [3.8, 4) is 0 Å². The Morgan fingerprint density at radius 2 is 1.92 bits per heavy atom. The number of ether oxygens (including phenoxy) is 3. The van der Waals surface area contributed by atoms with Crippen LogP contribution in [0.1, 0.15) is 59.1 Å². The molecule has 4 heterocycles. The minimum absolute atomic E-state index is 0.0369. The highest BCUT2D eigenvalue weighted by molar-refractivity contribution is 9.10. The van der Waals surface area contributed by atoms with Gasteiger partial charge in [0, 0.05) is 49.0 Å². The number of amides is 1. The Labute approximate surface area is 288 Å². The van der Waals surface area contributed by atoms with Crippen molar-refractivity contribution in [2.24, 2.45) is 5.92 Å². The van der Waals surface area contributed by atoms with E-state index in [0.717, 1.165) is 33.2 Å². The van der Waals surface area contributed by atoms with Gasteiger partial charge in [-0.25, -0.2) is 19.2 Å². The molecule has 48 heavy (non-hydrogen) atoms. The Hall–Kier alpha value is -3.75. The largest absolute Gasteiger partial charge is 0.444 e. The Balaban J connectivity index is 1.19. The van der Waals surface area contributed by atoms with Crippen LogP contribution in [-0.4, -0.2) is 85.5 Å². The van der Waals surface area contributed by atoms with Crippen molar-refractivity contribution in [2.45, 2.75) is 83.5 Å². The number of nitrogens with one attached hydrogen (secondary N) is 1. The molecular formula is C34H44BrFN8O4. The SMILES string of the molecule is CC(C)(C)OC(=O)N(CCCN(C[C@H]1C[C@@H](n2cc(Br)c3c(N)ncnc32)[C@@H]2OC(C)(C)O[C@H]12)c1cn[nH]c1)CCc1ccc(F)cc1. The summed E-state index contributed by atoms with van der Waals surface area (Å²) in [5.41, 5.74) is 8.26. The average Bonchev–Trinajstić information content (AvgIpc) is 3.79. The van der Waals surface area contributed by atoms with Gasteiger partial charge in [-0.1, -0.05) is 12.1 Å². The molecule has 2 fully saturated rings. The summed E-state index contributed by atoms with van der Waals surface area (Å²) in [6.07, 6.45) is 8.56. The molecule has 0 spiro atoms. The highest BCUT2D eigenvalue weighted by Crippen LogP contribution is 2.49. The maximum Gasteiger partial charge on any atom is 0.410 e. The van der Waals surface area contributed by atoms with Crippen LogP contribution in [0.3, 0.4) is 0 Å². The third-order valence-corrected chi connectivity index (χ3v) is 9.50. The van der Waals surface area contributed by atoms with Crippen LogP contribution in [0.5, 0.6) is 0 Å². The molecule has 4 atom stereocenters. The summed E-state index contributed by atoms with van der Waals surface area (Å²) < 4.78 is 35.3. The van der Waals surface area contributed by atoms with Gasteiger partial charge in [-0.2, -0.15) is 5.10 Å². The third-order valence-electron chi connectivity index (χ3n) is 8.90. The smallest absolute Gasteiger partial charge is 0.410 e. The van der Waals surface area contributed by atoms with Gasteiger partial charge in [-0.3, -0.25) is 5.10 Å². The van der Waals surface area contributed by atoms with E-state index < -0.39 is 11.4 Å². The number of benzene rings is 1. The van der Waals surface area contributed by atoms with E-state index in [4.69, 9.17) is 19.9 Å². The fourth-order valence-corrected chi connectivity index (χ4v) is 7.44. The summed E-state index contributed by atoms with van der Waals surface area (Å²) in [7, 11) is 0. The van der Waals surface area contributed by atoms with Gasteiger partial charge in [0.05, 0.1) is 29.4 Å². The van der Waals surface area contributed by atoms with E-state index in [0.29, 0.717) is 44.8 Å². The number of nitrogens with two attached hydrogens (primary N) is 1. The number of carbonyl (C=O) groups is 1. The molecule has 0 unspecified atom stereocenters. The van der Waals surface area contributed by atoms with E-state index in [1.54, 1.807) is 17.0 Å². The third kappa shape index (κ3) is 7.60. The second-order valence-corrected chi connectivity index (χ2v) is 14.9. The number of anilines is 2. The lowest BCUT2D eigenvalue weighted by Gasteiger charge is -2.31.